The van der Waals surface area contributed by atoms with E-state index in [0.29, 0.717) is 11.8 Å². The first kappa shape index (κ1) is 26.0. The van der Waals surface area contributed by atoms with Gasteiger partial charge in [0.2, 0.25) is 5.91 Å². The molecule has 4 fully saturated rings. The molecule has 2 heterocycles. The van der Waals surface area contributed by atoms with E-state index in [4.69, 9.17) is 5.73 Å². The van der Waals surface area contributed by atoms with Crippen LogP contribution in [-0.2, 0) is 4.79 Å². The standard InChI is InChI=1S/C17H24N2O.C12H21NO2/c20-17(18-11-5-2-6-12-18)19-13-9-16(10-14-19)15-7-3-1-4-8-15;1-7-3-9-6-12(4-7,11(13)15)5-8(2)10(9)14/h1,3-4,7-8,16H,2,5-6,9-14H2;7-10,14H,3-6H2,1-2H3,(H2,13,15). The van der Waals surface area contributed by atoms with Gasteiger partial charge in [0, 0.05) is 31.6 Å². The summed E-state index contributed by atoms with van der Waals surface area (Å²) < 4.78 is 0. The van der Waals surface area contributed by atoms with Gasteiger partial charge in [-0.2, -0.15) is 0 Å². The fourth-order valence-corrected chi connectivity index (χ4v) is 7.28. The van der Waals surface area contributed by atoms with E-state index in [2.05, 4.69) is 42.2 Å². The number of hydrogen-bond acceptors (Lipinski definition) is 3. The third-order valence-electron chi connectivity index (χ3n) is 9.06. The Hall–Kier alpha value is -2.08. The number of likely N-dealkylation sites (tertiary alicyclic amines) is 2. The first-order valence-electron chi connectivity index (χ1n) is 13.9. The van der Waals surface area contributed by atoms with E-state index in [1.54, 1.807) is 0 Å². The van der Waals surface area contributed by atoms with Gasteiger partial charge >= 0.3 is 6.03 Å². The van der Waals surface area contributed by atoms with Gasteiger partial charge in [-0.3, -0.25) is 4.79 Å². The zero-order chi connectivity index (χ0) is 25.0. The van der Waals surface area contributed by atoms with Gasteiger partial charge in [0.15, 0.2) is 0 Å². The minimum Gasteiger partial charge on any atom is -0.393 e. The van der Waals surface area contributed by atoms with Crippen molar-refractivity contribution in [2.24, 2.45) is 28.9 Å². The number of carbonyl (C=O) groups is 2. The van der Waals surface area contributed by atoms with Gasteiger partial charge in [0.1, 0.15) is 0 Å². The van der Waals surface area contributed by atoms with Crippen molar-refractivity contribution in [3.05, 3.63) is 35.9 Å². The predicted molar refractivity (Wildman–Crippen MR) is 139 cm³/mol. The molecule has 4 aliphatic rings. The van der Waals surface area contributed by atoms with Crippen LogP contribution in [0.5, 0.6) is 0 Å². The first-order valence-corrected chi connectivity index (χ1v) is 13.9. The number of urea groups is 1. The Kier molecular flexibility index (Phi) is 8.41. The van der Waals surface area contributed by atoms with Crippen molar-refractivity contribution in [2.75, 3.05) is 26.2 Å². The molecule has 2 bridgehead atoms. The van der Waals surface area contributed by atoms with Gasteiger partial charge in [-0.25, -0.2) is 4.79 Å². The maximum Gasteiger partial charge on any atom is 0.319 e. The Labute approximate surface area is 211 Å². The molecule has 0 radical (unpaired) electrons. The molecule has 5 rings (SSSR count). The lowest BCUT2D eigenvalue weighted by Gasteiger charge is -2.50. The quantitative estimate of drug-likeness (QED) is 0.635. The molecule has 1 aromatic rings. The van der Waals surface area contributed by atoms with E-state index in [1.165, 1.54) is 24.8 Å². The number of aliphatic hydroxyl groups is 1. The molecule has 35 heavy (non-hydrogen) atoms. The number of aliphatic hydroxyl groups excluding tert-OH is 1. The summed E-state index contributed by atoms with van der Waals surface area (Å²) in [7, 11) is 0. The molecule has 2 aliphatic heterocycles. The third kappa shape index (κ3) is 6.02. The van der Waals surface area contributed by atoms with Crippen molar-refractivity contribution < 1.29 is 14.7 Å². The molecule has 3 N–H and O–H groups in total. The van der Waals surface area contributed by atoms with E-state index in [-0.39, 0.29) is 35.3 Å². The highest BCUT2D eigenvalue weighted by Crippen LogP contribution is 2.52. The van der Waals surface area contributed by atoms with E-state index >= 15 is 0 Å². The van der Waals surface area contributed by atoms with Crippen LogP contribution >= 0.6 is 0 Å². The smallest absolute Gasteiger partial charge is 0.319 e. The largest absolute Gasteiger partial charge is 0.393 e. The lowest BCUT2D eigenvalue weighted by molar-refractivity contribution is -0.143. The molecule has 194 valence electrons. The topological polar surface area (TPSA) is 86.9 Å². The van der Waals surface area contributed by atoms with Crippen LogP contribution in [0.25, 0.3) is 0 Å². The summed E-state index contributed by atoms with van der Waals surface area (Å²) in [5.41, 5.74) is 6.67. The number of rotatable bonds is 2. The maximum atomic E-state index is 12.4. The summed E-state index contributed by atoms with van der Waals surface area (Å²) >= 11 is 0. The number of hydrogen-bond donors (Lipinski definition) is 2. The molecule has 6 nitrogen and oxygen atoms in total. The molecule has 0 aromatic heterocycles. The Morgan fingerprint density at radius 1 is 0.914 bits per heavy atom. The van der Waals surface area contributed by atoms with Gasteiger partial charge < -0.3 is 20.6 Å². The SMILES string of the molecule is CC1CC2CC(C(N)=O)(C1)CC(C)C2O.O=C(N1CCCCC1)N1CCC(c2ccccc2)CC1. The highest BCUT2D eigenvalue weighted by atomic mass is 16.3. The summed E-state index contributed by atoms with van der Waals surface area (Å²) in [5.74, 6) is 1.48. The van der Waals surface area contributed by atoms with Crippen LogP contribution in [0, 0.1) is 23.2 Å². The molecule has 2 aliphatic carbocycles. The van der Waals surface area contributed by atoms with Crippen LogP contribution in [0.1, 0.15) is 83.1 Å². The number of piperidine rings is 2. The average molecular weight is 484 g/mol. The van der Waals surface area contributed by atoms with Crippen molar-refractivity contribution in [1.82, 2.24) is 9.80 Å². The van der Waals surface area contributed by atoms with Crippen LogP contribution < -0.4 is 5.73 Å². The number of carbonyl (C=O) groups excluding carboxylic acids is 2. The minimum atomic E-state index is -0.318. The summed E-state index contributed by atoms with van der Waals surface area (Å²) in [6.45, 7) is 7.93. The normalized spacial score (nSPS) is 33.5. The molecule has 1 aromatic carbocycles. The Morgan fingerprint density at radius 2 is 1.54 bits per heavy atom. The van der Waals surface area contributed by atoms with E-state index in [0.717, 1.165) is 64.7 Å². The summed E-state index contributed by atoms with van der Waals surface area (Å²) in [5, 5.41) is 10.1. The van der Waals surface area contributed by atoms with Crippen molar-refractivity contribution >= 4 is 11.9 Å². The Balaban J connectivity index is 0.000000172. The second-order valence-electron chi connectivity index (χ2n) is 11.8. The lowest BCUT2D eigenvalue weighted by Crippen LogP contribution is -2.52. The molecule has 5 unspecified atom stereocenters. The average Bonchev–Trinajstić information content (AvgIpc) is 2.88. The lowest BCUT2D eigenvalue weighted by atomic mass is 9.55. The molecular formula is C29H45N3O3. The zero-order valence-electron chi connectivity index (χ0n) is 21.7. The molecule has 5 atom stereocenters. The number of primary amides is 1. The summed E-state index contributed by atoms with van der Waals surface area (Å²) in [6, 6.07) is 11.0. The summed E-state index contributed by atoms with van der Waals surface area (Å²) in [6.07, 6.45) is 9.12. The van der Waals surface area contributed by atoms with Gasteiger partial charge in [-0.1, -0.05) is 44.2 Å². The molecule has 6 heteroatoms. The van der Waals surface area contributed by atoms with Gasteiger partial charge in [0.05, 0.1) is 6.10 Å². The highest BCUT2D eigenvalue weighted by molar-refractivity contribution is 5.81. The Morgan fingerprint density at radius 3 is 2.17 bits per heavy atom. The highest BCUT2D eigenvalue weighted by Gasteiger charge is 2.51. The fourth-order valence-electron chi connectivity index (χ4n) is 7.28. The van der Waals surface area contributed by atoms with E-state index in [1.807, 2.05) is 11.8 Å². The number of nitrogens with two attached hydrogens (primary N) is 1. The molecule has 2 saturated carbocycles. The minimum absolute atomic E-state index is 0.155. The molecule has 2 saturated heterocycles. The molecule has 0 spiro atoms. The number of benzene rings is 1. The monoisotopic (exact) mass is 483 g/mol. The van der Waals surface area contributed by atoms with Gasteiger partial charge in [-0.05, 0) is 87.0 Å². The first-order chi connectivity index (χ1) is 16.8. The summed E-state index contributed by atoms with van der Waals surface area (Å²) in [4.78, 5) is 28.2. The number of nitrogens with zero attached hydrogens (tertiary/aromatic N) is 2. The van der Waals surface area contributed by atoms with Crippen LogP contribution in [0.4, 0.5) is 4.79 Å². The van der Waals surface area contributed by atoms with Crippen molar-refractivity contribution in [1.29, 1.82) is 0 Å². The van der Waals surface area contributed by atoms with Crippen molar-refractivity contribution in [2.45, 2.75) is 83.7 Å². The molecular weight excluding hydrogens is 438 g/mol. The van der Waals surface area contributed by atoms with Crippen LogP contribution in [0.3, 0.4) is 0 Å². The number of fused-ring (bicyclic) bond motifs is 2. The zero-order valence-corrected chi connectivity index (χ0v) is 21.7. The predicted octanol–water partition coefficient (Wildman–Crippen LogP) is 4.77. The van der Waals surface area contributed by atoms with E-state index < -0.39 is 0 Å². The Bertz CT molecular complexity index is 844. The van der Waals surface area contributed by atoms with Gasteiger partial charge in [0.25, 0.3) is 0 Å². The fraction of sp³-hybridized carbons (Fsp3) is 0.724. The third-order valence-corrected chi connectivity index (χ3v) is 9.06. The second-order valence-corrected chi connectivity index (χ2v) is 11.8. The van der Waals surface area contributed by atoms with Crippen LogP contribution in [0.2, 0.25) is 0 Å². The second kappa shape index (κ2) is 11.3. The van der Waals surface area contributed by atoms with E-state index in [9.17, 15) is 14.7 Å². The van der Waals surface area contributed by atoms with Crippen LogP contribution in [-0.4, -0.2) is 59.1 Å². The van der Waals surface area contributed by atoms with Crippen molar-refractivity contribution in [3.8, 4) is 0 Å². The maximum absolute atomic E-state index is 12.4. The van der Waals surface area contributed by atoms with Gasteiger partial charge in [-0.15, -0.1) is 0 Å². The van der Waals surface area contributed by atoms with Crippen LogP contribution in [0.15, 0.2) is 30.3 Å². The van der Waals surface area contributed by atoms with Crippen molar-refractivity contribution in [3.63, 3.8) is 0 Å². The molecule has 3 amide bonds. The number of amides is 3.